The molecule has 0 bridgehead atoms. The van der Waals surface area contributed by atoms with E-state index in [-0.39, 0.29) is 0 Å². The molecule has 4 heteroatoms. The van der Waals surface area contributed by atoms with E-state index in [1.807, 2.05) is 19.2 Å². The van der Waals surface area contributed by atoms with Gasteiger partial charge in [-0.3, -0.25) is 0 Å². The van der Waals surface area contributed by atoms with E-state index >= 15 is 0 Å². The highest BCUT2D eigenvalue weighted by Crippen LogP contribution is 2.37. The molecule has 4 nitrogen and oxygen atoms in total. The second kappa shape index (κ2) is 6.20. The summed E-state index contributed by atoms with van der Waals surface area (Å²) >= 11 is 0. The molecular formula is C21H22N4. The maximum Gasteiger partial charge on any atom is 0.0744 e. The number of hydrogen-bond donors (Lipinski definition) is 3. The summed E-state index contributed by atoms with van der Waals surface area (Å²) in [5.41, 5.74) is 14.5. The van der Waals surface area contributed by atoms with Gasteiger partial charge in [-0.15, -0.1) is 0 Å². The summed E-state index contributed by atoms with van der Waals surface area (Å²) in [4.78, 5) is 4.98. The van der Waals surface area contributed by atoms with E-state index in [2.05, 4.69) is 29.6 Å². The van der Waals surface area contributed by atoms with Gasteiger partial charge in [0.15, 0.2) is 0 Å². The number of nitrogens with one attached hydrogen (secondary N) is 2. The summed E-state index contributed by atoms with van der Waals surface area (Å²) in [5, 5.41) is 12.0. The van der Waals surface area contributed by atoms with Crippen molar-refractivity contribution in [3.63, 3.8) is 0 Å². The number of benzene rings is 2. The predicted octanol–water partition coefficient (Wildman–Crippen LogP) is 4.40. The Bertz CT molecular complexity index is 958. The zero-order valence-corrected chi connectivity index (χ0v) is 14.4. The second-order valence-electron chi connectivity index (χ2n) is 6.56. The van der Waals surface area contributed by atoms with Crippen LogP contribution in [0.2, 0.25) is 0 Å². The first-order valence-corrected chi connectivity index (χ1v) is 8.75. The fraction of sp³-hybridized carbons (Fsp3) is 0.238. The Labute approximate surface area is 147 Å². The number of fused-ring (bicyclic) bond motifs is 3. The van der Waals surface area contributed by atoms with Crippen LogP contribution in [0.1, 0.15) is 29.5 Å². The van der Waals surface area contributed by atoms with E-state index in [1.54, 1.807) is 0 Å². The molecule has 0 saturated heterocycles. The number of aromatic nitrogens is 1. The first-order valence-electron chi connectivity index (χ1n) is 8.75. The third-order valence-electron chi connectivity index (χ3n) is 5.14. The Morgan fingerprint density at radius 3 is 2.44 bits per heavy atom. The summed E-state index contributed by atoms with van der Waals surface area (Å²) in [6.45, 7) is 0. The van der Waals surface area contributed by atoms with Crippen LogP contribution in [0.3, 0.4) is 0 Å². The van der Waals surface area contributed by atoms with Crippen LogP contribution < -0.4 is 11.1 Å². The molecule has 0 radical (unpaired) electrons. The fourth-order valence-corrected chi connectivity index (χ4v) is 3.85. The van der Waals surface area contributed by atoms with Crippen molar-refractivity contribution in [2.45, 2.75) is 25.7 Å². The molecule has 0 amide bonds. The maximum atomic E-state index is 7.81. The Balaban J connectivity index is 2.02. The minimum Gasteiger partial charge on any atom is -0.398 e. The normalized spacial score (nSPS) is 13.5. The first kappa shape index (κ1) is 15.6. The predicted molar refractivity (Wildman–Crippen MR) is 106 cm³/mol. The van der Waals surface area contributed by atoms with Crippen LogP contribution >= 0.6 is 0 Å². The monoisotopic (exact) mass is 330 g/mol. The molecule has 126 valence electrons. The number of nitrogens with zero attached hydrogens (tertiary/aromatic N) is 1. The number of nitrogen functional groups attached to an aromatic ring is 1. The number of anilines is 2. The molecular weight excluding hydrogens is 308 g/mol. The van der Waals surface area contributed by atoms with Gasteiger partial charge in [-0.1, -0.05) is 12.1 Å². The number of nitrogens with two attached hydrogens (primary N) is 1. The van der Waals surface area contributed by atoms with E-state index in [0.29, 0.717) is 5.69 Å². The minimum atomic E-state index is 0.656. The molecule has 4 rings (SSSR count). The van der Waals surface area contributed by atoms with E-state index in [9.17, 15) is 0 Å². The quantitative estimate of drug-likeness (QED) is 0.492. The molecule has 2 aromatic carbocycles. The highest BCUT2D eigenvalue weighted by atomic mass is 14.8. The van der Waals surface area contributed by atoms with E-state index < -0.39 is 0 Å². The highest BCUT2D eigenvalue weighted by Gasteiger charge is 2.21. The van der Waals surface area contributed by atoms with Crippen LogP contribution in [0.15, 0.2) is 36.4 Å². The zero-order valence-electron chi connectivity index (χ0n) is 14.4. The standard InChI is InChI=1S/C21H22N4/c1-24-14-8-6-13(7-9-14)21-16-5-3-2-4-15(16)20-17(12-22)18(23)10-11-19(20)25-21/h6-12,22,24H,2-5,23H2,1H3. The molecule has 3 aromatic rings. The molecule has 1 heterocycles. The average molecular weight is 330 g/mol. The van der Waals surface area contributed by atoms with Crippen molar-refractivity contribution in [3.05, 3.63) is 53.1 Å². The Morgan fingerprint density at radius 2 is 1.76 bits per heavy atom. The van der Waals surface area contributed by atoms with Gasteiger partial charge in [0, 0.05) is 41.2 Å². The van der Waals surface area contributed by atoms with Crippen molar-refractivity contribution in [2.24, 2.45) is 0 Å². The summed E-state index contributed by atoms with van der Waals surface area (Å²) in [7, 11) is 1.93. The van der Waals surface area contributed by atoms with Crippen molar-refractivity contribution in [1.82, 2.24) is 4.98 Å². The summed E-state index contributed by atoms with van der Waals surface area (Å²) in [6, 6.07) is 12.3. The van der Waals surface area contributed by atoms with Crippen molar-refractivity contribution in [3.8, 4) is 11.3 Å². The highest BCUT2D eigenvalue weighted by molar-refractivity contribution is 6.05. The van der Waals surface area contributed by atoms with E-state index in [1.165, 1.54) is 30.2 Å². The van der Waals surface area contributed by atoms with Crippen molar-refractivity contribution in [1.29, 1.82) is 5.41 Å². The smallest absolute Gasteiger partial charge is 0.0744 e. The largest absolute Gasteiger partial charge is 0.398 e. The zero-order chi connectivity index (χ0) is 17.4. The summed E-state index contributed by atoms with van der Waals surface area (Å²) in [6.07, 6.45) is 5.80. The topological polar surface area (TPSA) is 74.8 Å². The van der Waals surface area contributed by atoms with Gasteiger partial charge in [0.1, 0.15) is 0 Å². The van der Waals surface area contributed by atoms with Gasteiger partial charge in [0.25, 0.3) is 0 Å². The van der Waals surface area contributed by atoms with Gasteiger partial charge in [0.05, 0.1) is 11.2 Å². The van der Waals surface area contributed by atoms with Crippen molar-refractivity contribution in [2.75, 3.05) is 18.1 Å². The Hall–Kier alpha value is -2.88. The molecule has 0 unspecified atom stereocenters. The minimum absolute atomic E-state index is 0.656. The third kappa shape index (κ3) is 2.54. The van der Waals surface area contributed by atoms with Gasteiger partial charge in [0.2, 0.25) is 0 Å². The molecule has 0 saturated carbocycles. The number of rotatable bonds is 3. The SMILES string of the molecule is CNc1ccc(-c2nc3ccc(N)c(C=N)c3c3c2CCCC3)cc1. The molecule has 0 atom stereocenters. The lowest BCUT2D eigenvalue weighted by atomic mass is 9.85. The van der Waals surface area contributed by atoms with Crippen LogP contribution in [-0.2, 0) is 12.8 Å². The number of pyridine rings is 1. The average Bonchev–Trinajstić information content (AvgIpc) is 2.67. The van der Waals surface area contributed by atoms with Gasteiger partial charge >= 0.3 is 0 Å². The van der Waals surface area contributed by atoms with Crippen LogP contribution in [0.4, 0.5) is 11.4 Å². The summed E-state index contributed by atoms with van der Waals surface area (Å²) in [5.74, 6) is 0. The number of aryl methyl sites for hydroxylation is 1. The van der Waals surface area contributed by atoms with Crippen LogP contribution in [-0.4, -0.2) is 18.2 Å². The summed E-state index contributed by atoms with van der Waals surface area (Å²) < 4.78 is 0. The fourth-order valence-electron chi connectivity index (χ4n) is 3.85. The van der Waals surface area contributed by atoms with Crippen LogP contribution in [0, 0.1) is 5.41 Å². The van der Waals surface area contributed by atoms with Crippen LogP contribution in [0.5, 0.6) is 0 Å². The molecule has 1 aliphatic rings. The number of hydrogen-bond acceptors (Lipinski definition) is 4. The molecule has 1 aromatic heterocycles. The van der Waals surface area contributed by atoms with Gasteiger partial charge < -0.3 is 16.5 Å². The lowest BCUT2D eigenvalue weighted by molar-refractivity contribution is 0.689. The molecule has 0 aliphatic heterocycles. The van der Waals surface area contributed by atoms with Gasteiger partial charge in [-0.05, 0) is 61.1 Å². The maximum absolute atomic E-state index is 7.81. The molecule has 0 fully saturated rings. The second-order valence-corrected chi connectivity index (χ2v) is 6.56. The van der Waals surface area contributed by atoms with E-state index in [4.69, 9.17) is 16.1 Å². The first-order chi connectivity index (χ1) is 12.2. The molecule has 1 aliphatic carbocycles. The van der Waals surface area contributed by atoms with E-state index in [0.717, 1.165) is 46.3 Å². The van der Waals surface area contributed by atoms with Crippen molar-refractivity contribution < 1.29 is 0 Å². The lowest BCUT2D eigenvalue weighted by Crippen LogP contribution is -2.09. The molecule has 25 heavy (non-hydrogen) atoms. The van der Waals surface area contributed by atoms with Crippen molar-refractivity contribution >= 4 is 28.5 Å². The third-order valence-corrected chi connectivity index (χ3v) is 5.14. The van der Waals surface area contributed by atoms with Gasteiger partial charge in [-0.2, -0.15) is 0 Å². The Kier molecular flexibility index (Phi) is 3.88. The molecule has 0 spiro atoms. The lowest BCUT2D eigenvalue weighted by Gasteiger charge is -2.23. The molecule has 4 N–H and O–H groups in total. The van der Waals surface area contributed by atoms with Gasteiger partial charge in [-0.25, -0.2) is 4.98 Å². The Morgan fingerprint density at radius 1 is 1.04 bits per heavy atom. The van der Waals surface area contributed by atoms with Crippen LogP contribution in [0.25, 0.3) is 22.2 Å².